The van der Waals surface area contributed by atoms with Gasteiger partial charge in [0.05, 0.1) is 0 Å². The Morgan fingerprint density at radius 2 is 1.90 bits per heavy atom. The van der Waals surface area contributed by atoms with Gasteiger partial charge in [0.15, 0.2) is 6.61 Å². The number of aromatic amines is 1. The Kier molecular flexibility index (Phi) is 6.31. The van der Waals surface area contributed by atoms with Crippen LogP contribution >= 0.6 is 0 Å². The minimum absolute atomic E-state index is 0.187. The molecule has 0 spiro atoms. The summed E-state index contributed by atoms with van der Waals surface area (Å²) in [7, 11) is 1.67. The van der Waals surface area contributed by atoms with Gasteiger partial charge in [-0.3, -0.25) is 19.7 Å². The Labute approximate surface area is 172 Å². The molecule has 0 unspecified atom stereocenters. The van der Waals surface area contributed by atoms with Gasteiger partial charge in [0, 0.05) is 43.7 Å². The summed E-state index contributed by atoms with van der Waals surface area (Å²) in [6, 6.07) is 9.82. The second-order valence-electron chi connectivity index (χ2n) is 6.81. The summed E-state index contributed by atoms with van der Waals surface area (Å²) >= 11 is 0. The van der Waals surface area contributed by atoms with Gasteiger partial charge in [0.2, 0.25) is 5.91 Å². The fourth-order valence-corrected chi connectivity index (χ4v) is 3.12. The molecule has 3 rings (SSSR count). The molecular formula is C21H22N4O5. The van der Waals surface area contributed by atoms with Gasteiger partial charge in [-0.15, -0.1) is 0 Å². The molecule has 0 saturated heterocycles. The first kappa shape index (κ1) is 20.8. The molecule has 1 atom stereocenters. The topological polar surface area (TPSA) is 122 Å². The minimum atomic E-state index is -0.974. The summed E-state index contributed by atoms with van der Waals surface area (Å²) in [5.74, 6) is -2.53. The fourth-order valence-electron chi connectivity index (χ4n) is 3.12. The van der Waals surface area contributed by atoms with E-state index in [-0.39, 0.29) is 6.42 Å². The second-order valence-corrected chi connectivity index (χ2v) is 6.81. The van der Waals surface area contributed by atoms with E-state index in [0.717, 1.165) is 16.5 Å². The molecule has 9 nitrogen and oxygen atoms in total. The summed E-state index contributed by atoms with van der Waals surface area (Å²) < 4.78 is 6.60. The van der Waals surface area contributed by atoms with Crippen molar-refractivity contribution in [3.8, 4) is 0 Å². The number of H-pyrrole nitrogens is 1. The monoisotopic (exact) mass is 410 g/mol. The van der Waals surface area contributed by atoms with Crippen LogP contribution in [0.2, 0.25) is 0 Å². The van der Waals surface area contributed by atoms with Crippen molar-refractivity contribution in [2.45, 2.75) is 19.4 Å². The molecule has 3 amide bonds. The second kappa shape index (κ2) is 9.08. The van der Waals surface area contributed by atoms with Crippen LogP contribution in [0.1, 0.15) is 23.0 Å². The van der Waals surface area contributed by atoms with Crippen LogP contribution in [0.3, 0.4) is 0 Å². The van der Waals surface area contributed by atoms with Crippen molar-refractivity contribution >= 4 is 34.6 Å². The molecule has 9 heteroatoms. The van der Waals surface area contributed by atoms with Crippen molar-refractivity contribution < 1.29 is 23.9 Å². The average Bonchev–Trinajstić information content (AvgIpc) is 3.31. The Morgan fingerprint density at radius 1 is 1.13 bits per heavy atom. The van der Waals surface area contributed by atoms with Gasteiger partial charge in [-0.05, 0) is 23.8 Å². The summed E-state index contributed by atoms with van der Waals surface area (Å²) in [5.41, 5.74) is 2.02. The lowest BCUT2D eigenvalue weighted by Crippen LogP contribution is -2.44. The maximum absolute atomic E-state index is 12.5. The van der Waals surface area contributed by atoms with Gasteiger partial charge in [0.1, 0.15) is 11.7 Å². The Bertz CT molecular complexity index is 1100. The van der Waals surface area contributed by atoms with Gasteiger partial charge in [0.25, 0.3) is 11.8 Å². The molecule has 2 aromatic heterocycles. The van der Waals surface area contributed by atoms with Crippen LogP contribution in [0.15, 0.2) is 48.8 Å². The predicted octanol–water partition coefficient (Wildman–Crippen LogP) is 1.05. The smallest absolute Gasteiger partial charge is 0.329 e. The number of nitrogens with zero attached hydrogens (tertiary/aromatic N) is 1. The summed E-state index contributed by atoms with van der Waals surface area (Å²) in [6.07, 6.45) is 3.62. The summed E-state index contributed by atoms with van der Waals surface area (Å²) in [6.45, 7) is 0.652. The van der Waals surface area contributed by atoms with E-state index in [9.17, 15) is 19.2 Å². The van der Waals surface area contributed by atoms with Gasteiger partial charge < -0.3 is 19.6 Å². The lowest BCUT2D eigenvalue weighted by molar-refractivity contribution is -0.151. The van der Waals surface area contributed by atoms with Crippen molar-refractivity contribution in [1.29, 1.82) is 0 Å². The van der Waals surface area contributed by atoms with Crippen molar-refractivity contribution in [2.75, 3.05) is 6.61 Å². The number of carbonyl (C=O) groups excluding carboxylic acids is 4. The molecular weight excluding hydrogens is 388 g/mol. The molecule has 3 N–H and O–H groups in total. The molecule has 156 valence electrons. The number of ether oxygens (including phenoxy) is 1. The number of hydrogen-bond acceptors (Lipinski definition) is 5. The number of esters is 1. The van der Waals surface area contributed by atoms with Crippen LogP contribution in [0.4, 0.5) is 0 Å². The number of hydrogen-bond donors (Lipinski definition) is 3. The van der Waals surface area contributed by atoms with E-state index < -0.39 is 36.3 Å². The lowest BCUT2D eigenvalue weighted by Gasteiger charge is -2.16. The Hall–Kier alpha value is -3.88. The van der Waals surface area contributed by atoms with Crippen molar-refractivity contribution in [3.63, 3.8) is 0 Å². The number of imide groups is 1. The predicted molar refractivity (Wildman–Crippen MR) is 108 cm³/mol. The van der Waals surface area contributed by atoms with E-state index in [1.807, 2.05) is 24.3 Å². The van der Waals surface area contributed by atoms with Crippen LogP contribution < -0.4 is 10.6 Å². The number of amides is 3. The highest BCUT2D eigenvalue weighted by molar-refractivity contribution is 6.04. The summed E-state index contributed by atoms with van der Waals surface area (Å²) in [4.78, 5) is 51.2. The number of benzene rings is 1. The molecule has 1 aromatic carbocycles. The molecule has 2 heterocycles. The largest absolute Gasteiger partial charge is 0.454 e. The molecule has 0 aliphatic rings. The van der Waals surface area contributed by atoms with E-state index in [1.165, 1.54) is 6.92 Å². The van der Waals surface area contributed by atoms with Crippen LogP contribution in [-0.2, 0) is 32.6 Å². The third kappa shape index (κ3) is 4.93. The highest BCUT2D eigenvalue weighted by atomic mass is 16.5. The molecule has 0 saturated carbocycles. The van der Waals surface area contributed by atoms with Gasteiger partial charge in [-0.25, -0.2) is 4.79 Å². The average molecular weight is 410 g/mol. The van der Waals surface area contributed by atoms with Crippen LogP contribution in [0, 0.1) is 0 Å². The van der Waals surface area contributed by atoms with E-state index in [0.29, 0.717) is 5.69 Å². The standard InChI is InChI=1S/C21H22N4O5/c1-13(26)23-17(10-14-11-22-16-7-4-3-6-15(14)16)21(29)30-12-19(27)24-20(28)18-8-5-9-25(18)2/h3-9,11,17,22H,10,12H2,1-2H3,(H,23,26)(H,24,27,28)/t17-/m0/s1. The van der Waals surface area contributed by atoms with Crippen LogP contribution in [0.25, 0.3) is 10.9 Å². The lowest BCUT2D eigenvalue weighted by atomic mass is 10.0. The molecule has 3 aromatic rings. The van der Waals surface area contributed by atoms with E-state index in [4.69, 9.17) is 4.74 Å². The third-order valence-corrected chi connectivity index (χ3v) is 4.54. The minimum Gasteiger partial charge on any atom is -0.454 e. The number of nitrogens with one attached hydrogen (secondary N) is 3. The zero-order valence-corrected chi connectivity index (χ0v) is 16.6. The number of carbonyl (C=O) groups is 4. The molecule has 0 bridgehead atoms. The van der Waals surface area contributed by atoms with Crippen molar-refractivity contribution in [1.82, 2.24) is 20.2 Å². The van der Waals surface area contributed by atoms with Gasteiger partial charge in [-0.1, -0.05) is 18.2 Å². The molecule has 0 aliphatic heterocycles. The summed E-state index contributed by atoms with van der Waals surface area (Å²) in [5, 5.41) is 5.63. The van der Waals surface area contributed by atoms with Gasteiger partial charge >= 0.3 is 5.97 Å². The number of aromatic nitrogens is 2. The molecule has 0 radical (unpaired) electrons. The molecule has 30 heavy (non-hydrogen) atoms. The quantitative estimate of drug-likeness (QED) is 0.503. The number of para-hydroxylation sites is 1. The first-order valence-corrected chi connectivity index (χ1v) is 9.29. The van der Waals surface area contributed by atoms with E-state index >= 15 is 0 Å². The zero-order valence-electron chi connectivity index (χ0n) is 16.6. The third-order valence-electron chi connectivity index (χ3n) is 4.54. The van der Waals surface area contributed by atoms with E-state index in [1.54, 1.807) is 36.1 Å². The maximum Gasteiger partial charge on any atom is 0.329 e. The molecule has 0 fully saturated rings. The Balaban J connectivity index is 1.61. The zero-order chi connectivity index (χ0) is 21.7. The fraction of sp³-hybridized carbons (Fsp3) is 0.238. The van der Waals surface area contributed by atoms with Crippen molar-refractivity contribution in [3.05, 3.63) is 60.0 Å². The first-order chi connectivity index (χ1) is 14.3. The normalized spacial score (nSPS) is 11.7. The van der Waals surface area contributed by atoms with Crippen molar-refractivity contribution in [2.24, 2.45) is 7.05 Å². The SMILES string of the molecule is CC(=O)N[C@@H](Cc1c[nH]c2ccccc12)C(=O)OCC(=O)NC(=O)c1cccn1C. The highest BCUT2D eigenvalue weighted by Gasteiger charge is 2.24. The maximum atomic E-state index is 12.5. The van der Waals surface area contributed by atoms with E-state index in [2.05, 4.69) is 15.6 Å². The van der Waals surface area contributed by atoms with Crippen LogP contribution in [-0.4, -0.2) is 45.9 Å². The van der Waals surface area contributed by atoms with Gasteiger partial charge in [-0.2, -0.15) is 0 Å². The number of aryl methyl sites for hydroxylation is 1. The number of fused-ring (bicyclic) bond motifs is 1. The van der Waals surface area contributed by atoms with Crippen LogP contribution in [0.5, 0.6) is 0 Å². The number of rotatable bonds is 7. The Morgan fingerprint density at radius 3 is 2.60 bits per heavy atom. The highest BCUT2D eigenvalue weighted by Crippen LogP contribution is 2.19. The first-order valence-electron chi connectivity index (χ1n) is 9.29. The molecule has 0 aliphatic carbocycles.